The van der Waals surface area contributed by atoms with Crippen molar-refractivity contribution in [2.24, 2.45) is 5.92 Å². The van der Waals surface area contributed by atoms with Crippen LogP contribution in [0.2, 0.25) is 0 Å². The highest BCUT2D eigenvalue weighted by molar-refractivity contribution is 5.86. The van der Waals surface area contributed by atoms with Crippen LogP contribution in [0.5, 0.6) is 0 Å². The van der Waals surface area contributed by atoms with Crippen molar-refractivity contribution >= 4 is 22.8 Å². The molecule has 4 N–H and O–H groups in total. The van der Waals surface area contributed by atoms with Gasteiger partial charge in [-0.05, 0) is 13.3 Å². The Bertz CT molecular complexity index is 547. The first-order valence-corrected chi connectivity index (χ1v) is 6.05. The minimum absolute atomic E-state index is 0.240. The highest BCUT2D eigenvalue weighted by Crippen LogP contribution is 2.23. The second-order valence-electron chi connectivity index (χ2n) is 4.62. The Morgan fingerprint density at radius 1 is 1.56 bits per heavy atom. The fourth-order valence-electron chi connectivity index (χ4n) is 2.24. The summed E-state index contributed by atoms with van der Waals surface area (Å²) in [6.45, 7) is 3.76. The summed E-state index contributed by atoms with van der Waals surface area (Å²) in [4.78, 5) is 8.32. The second kappa shape index (κ2) is 4.41. The van der Waals surface area contributed by atoms with Crippen LogP contribution in [-0.4, -0.2) is 39.4 Å². The van der Waals surface area contributed by atoms with Gasteiger partial charge in [0.2, 0.25) is 5.95 Å². The van der Waals surface area contributed by atoms with Gasteiger partial charge in [0, 0.05) is 18.6 Å². The van der Waals surface area contributed by atoms with Crippen LogP contribution in [0.25, 0.3) is 11.0 Å². The van der Waals surface area contributed by atoms with Crippen LogP contribution in [0, 0.1) is 5.92 Å². The molecule has 0 amide bonds. The molecule has 3 heterocycles. The second-order valence-corrected chi connectivity index (χ2v) is 4.62. The van der Waals surface area contributed by atoms with E-state index in [-0.39, 0.29) is 12.0 Å². The van der Waals surface area contributed by atoms with Crippen LogP contribution in [0.1, 0.15) is 13.3 Å². The fraction of sp³-hybridized carbons (Fsp3) is 0.545. The van der Waals surface area contributed by atoms with Crippen LogP contribution in [0.3, 0.4) is 0 Å². The molecule has 0 aliphatic carbocycles. The van der Waals surface area contributed by atoms with Gasteiger partial charge in [0.05, 0.1) is 18.2 Å². The Morgan fingerprint density at radius 2 is 2.44 bits per heavy atom. The Balaban J connectivity index is 1.86. The lowest BCUT2D eigenvalue weighted by Crippen LogP contribution is -2.26. The van der Waals surface area contributed by atoms with Gasteiger partial charge in [-0.25, -0.2) is 0 Å². The largest absolute Gasteiger partial charge is 0.381 e. The summed E-state index contributed by atoms with van der Waals surface area (Å²) in [5.41, 5.74) is 6.33. The van der Waals surface area contributed by atoms with E-state index in [4.69, 9.17) is 10.5 Å². The van der Waals surface area contributed by atoms with Crippen LogP contribution >= 0.6 is 0 Å². The maximum Gasteiger partial charge on any atom is 0.224 e. The Hall–Kier alpha value is -1.89. The fourth-order valence-corrected chi connectivity index (χ4v) is 2.24. The molecule has 0 radical (unpaired) electrons. The molecule has 0 bridgehead atoms. The van der Waals surface area contributed by atoms with Gasteiger partial charge >= 0.3 is 0 Å². The summed E-state index contributed by atoms with van der Waals surface area (Å²) in [5.74, 6) is 1.47. The molecular formula is C11H16N6O. The number of hydrogen-bond acceptors (Lipinski definition) is 6. The Kier molecular flexibility index (Phi) is 2.75. The lowest BCUT2D eigenvalue weighted by molar-refractivity contribution is 0.183. The van der Waals surface area contributed by atoms with Gasteiger partial charge in [0.25, 0.3) is 0 Å². The van der Waals surface area contributed by atoms with E-state index >= 15 is 0 Å². The summed E-state index contributed by atoms with van der Waals surface area (Å²) in [5, 5.41) is 11.0. The highest BCUT2D eigenvalue weighted by Gasteiger charge is 2.23. The first-order valence-electron chi connectivity index (χ1n) is 6.05. The third kappa shape index (κ3) is 1.97. The van der Waals surface area contributed by atoms with Crippen molar-refractivity contribution < 1.29 is 4.74 Å². The molecule has 3 rings (SSSR count). The topological polar surface area (TPSA) is 102 Å². The lowest BCUT2D eigenvalue weighted by Gasteiger charge is -2.20. The average molecular weight is 248 g/mol. The van der Waals surface area contributed by atoms with Crippen molar-refractivity contribution in [1.82, 2.24) is 20.2 Å². The van der Waals surface area contributed by atoms with Crippen LogP contribution < -0.4 is 11.1 Å². The number of H-pyrrole nitrogens is 1. The van der Waals surface area contributed by atoms with Crippen molar-refractivity contribution in [2.45, 2.75) is 19.4 Å². The van der Waals surface area contributed by atoms with Gasteiger partial charge in [-0.3, -0.25) is 5.10 Å². The number of fused-ring (bicyclic) bond motifs is 1. The zero-order valence-electron chi connectivity index (χ0n) is 10.2. The molecule has 2 unspecified atom stereocenters. The molecule has 1 fully saturated rings. The molecular weight excluding hydrogens is 232 g/mol. The van der Waals surface area contributed by atoms with Crippen molar-refractivity contribution in [3.63, 3.8) is 0 Å². The number of nitrogens with two attached hydrogens (primary N) is 1. The van der Waals surface area contributed by atoms with Crippen molar-refractivity contribution in [2.75, 3.05) is 24.3 Å². The Morgan fingerprint density at radius 3 is 3.22 bits per heavy atom. The molecule has 0 aromatic carbocycles. The minimum atomic E-state index is 0.240. The molecule has 2 aromatic heterocycles. The molecule has 7 heteroatoms. The lowest BCUT2D eigenvalue weighted by atomic mass is 10.0. The first kappa shape index (κ1) is 11.2. The van der Waals surface area contributed by atoms with Crippen molar-refractivity contribution in [3.8, 4) is 0 Å². The van der Waals surface area contributed by atoms with Crippen LogP contribution in [0.15, 0.2) is 6.20 Å². The molecule has 1 aliphatic rings. The third-order valence-corrected chi connectivity index (χ3v) is 3.36. The SMILES string of the molecule is CC(Nc1nc(N)nc2[nH]ncc12)C1CCOC1. The zero-order chi connectivity index (χ0) is 12.5. The molecule has 2 atom stereocenters. The molecule has 18 heavy (non-hydrogen) atoms. The number of aromatic amines is 1. The van der Waals surface area contributed by atoms with E-state index in [2.05, 4.69) is 32.4 Å². The van der Waals surface area contributed by atoms with E-state index in [1.807, 2.05) is 0 Å². The van der Waals surface area contributed by atoms with Crippen LogP contribution in [-0.2, 0) is 4.74 Å². The normalized spacial score (nSPS) is 21.3. The number of nitrogens with one attached hydrogen (secondary N) is 2. The molecule has 1 aliphatic heterocycles. The van der Waals surface area contributed by atoms with Gasteiger partial charge in [-0.15, -0.1) is 0 Å². The number of hydrogen-bond donors (Lipinski definition) is 3. The first-order chi connectivity index (χ1) is 8.74. The van der Waals surface area contributed by atoms with Gasteiger partial charge in [0.15, 0.2) is 5.65 Å². The number of nitrogens with zero attached hydrogens (tertiary/aromatic N) is 3. The quantitative estimate of drug-likeness (QED) is 0.741. The van der Waals surface area contributed by atoms with Crippen molar-refractivity contribution in [1.29, 1.82) is 0 Å². The molecule has 96 valence electrons. The summed E-state index contributed by atoms with van der Waals surface area (Å²) >= 11 is 0. The van der Waals surface area contributed by atoms with E-state index in [1.165, 1.54) is 0 Å². The van der Waals surface area contributed by atoms with Gasteiger partial charge < -0.3 is 15.8 Å². The number of ether oxygens (including phenoxy) is 1. The molecule has 0 spiro atoms. The molecule has 2 aromatic rings. The standard InChI is InChI=1S/C11H16N6O/c1-6(7-2-3-18-5-7)14-9-8-4-13-17-10(8)16-11(12)15-9/h4,6-7H,2-3,5H2,1H3,(H4,12,13,14,15,16,17). The highest BCUT2D eigenvalue weighted by atomic mass is 16.5. The average Bonchev–Trinajstić information content (AvgIpc) is 2.98. The number of nitrogen functional groups attached to an aromatic ring is 1. The minimum Gasteiger partial charge on any atom is -0.381 e. The van der Waals surface area contributed by atoms with E-state index in [1.54, 1.807) is 6.20 Å². The maximum atomic E-state index is 5.68. The maximum absolute atomic E-state index is 5.68. The van der Waals surface area contributed by atoms with Gasteiger partial charge in [-0.2, -0.15) is 15.1 Å². The van der Waals surface area contributed by atoms with E-state index in [9.17, 15) is 0 Å². The van der Waals surface area contributed by atoms with E-state index < -0.39 is 0 Å². The monoisotopic (exact) mass is 248 g/mol. The number of rotatable bonds is 3. The van der Waals surface area contributed by atoms with Crippen LogP contribution in [0.4, 0.5) is 11.8 Å². The molecule has 7 nitrogen and oxygen atoms in total. The smallest absolute Gasteiger partial charge is 0.224 e. The molecule has 1 saturated heterocycles. The number of anilines is 2. The van der Waals surface area contributed by atoms with Gasteiger partial charge in [0.1, 0.15) is 5.82 Å². The summed E-state index contributed by atoms with van der Waals surface area (Å²) in [6.07, 6.45) is 2.78. The van der Waals surface area contributed by atoms with Crippen molar-refractivity contribution in [3.05, 3.63) is 6.20 Å². The van der Waals surface area contributed by atoms with E-state index in [0.717, 1.165) is 30.8 Å². The predicted molar refractivity (Wildman–Crippen MR) is 68.1 cm³/mol. The number of aromatic nitrogens is 4. The zero-order valence-corrected chi connectivity index (χ0v) is 10.2. The summed E-state index contributed by atoms with van der Waals surface area (Å²) in [6, 6.07) is 0.278. The third-order valence-electron chi connectivity index (χ3n) is 3.36. The summed E-state index contributed by atoms with van der Waals surface area (Å²) in [7, 11) is 0. The summed E-state index contributed by atoms with van der Waals surface area (Å²) < 4.78 is 5.40. The molecule has 0 saturated carbocycles. The Labute approximate surface area is 104 Å². The van der Waals surface area contributed by atoms with Gasteiger partial charge in [-0.1, -0.05) is 0 Å². The predicted octanol–water partition coefficient (Wildman–Crippen LogP) is 0.772. The van der Waals surface area contributed by atoms with E-state index in [0.29, 0.717) is 11.6 Å².